The van der Waals surface area contributed by atoms with Crippen molar-refractivity contribution in [3.63, 3.8) is 0 Å². The van der Waals surface area contributed by atoms with Gasteiger partial charge >= 0.3 is 0 Å². The molecular formula is C16H23N3O2S. The van der Waals surface area contributed by atoms with Crippen LogP contribution in [0.1, 0.15) is 50.9 Å². The van der Waals surface area contributed by atoms with Gasteiger partial charge in [0, 0.05) is 17.9 Å². The van der Waals surface area contributed by atoms with Crippen LogP contribution in [0.2, 0.25) is 0 Å². The van der Waals surface area contributed by atoms with E-state index in [1.54, 1.807) is 29.9 Å². The fourth-order valence-electron chi connectivity index (χ4n) is 2.14. The van der Waals surface area contributed by atoms with Crippen LogP contribution in [0.25, 0.3) is 0 Å². The molecule has 5 nitrogen and oxygen atoms in total. The second kappa shape index (κ2) is 6.12. The maximum Gasteiger partial charge on any atom is 0.265 e. The molecule has 0 atom stereocenters. The molecule has 0 spiro atoms. The van der Waals surface area contributed by atoms with E-state index in [-0.39, 0.29) is 10.9 Å². The van der Waals surface area contributed by atoms with E-state index in [4.69, 9.17) is 0 Å². The Kier molecular flexibility index (Phi) is 4.60. The van der Waals surface area contributed by atoms with Crippen LogP contribution in [-0.4, -0.2) is 18.2 Å². The number of sulfonamides is 1. The topological polar surface area (TPSA) is 64.0 Å². The van der Waals surface area contributed by atoms with Gasteiger partial charge in [-0.25, -0.2) is 8.42 Å². The summed E-state index contributed by atoms with van der Waals surface area (Å²) in [6.45, 7) is 9.82. The van der Waals surface area contributed by atoms with Gasteiger partial charge in [-0.3, -0.25) is 9.40 Å². The highest BCUT2D eigenvalue weighted by Gasteiger charge is 2.21. The fraction of sp³-hybridized carbons (Fsp3) is 0.438. The van der Waals surface area contributed by atoms with Crippen molar-refractivity contribution >= 4 is 15.7 Å². The molecule has 0 aliphatic carbocycles. The Balaban J connectivity index is 2.27. The van der Waals surface area contributed by atoms with E-state index >= 15 is 0 Å². The molecule has 0 fully saturated rings. The van der Waals surface area contributed by atoms with E-state index in [2.05, 4.69) is 23.7 Å². The summed E-state index contributed by atoms with van der Waals surface area (Å²) in [5.41, 5.74) is 2.23. The lowest BCUT2D eigenvalue weighted by molar-refractivity contribution is 0.528. The summed E-state index contributed by atoms with van der Waals surface area (Å²) in [5.74, 6) is 0.414. The Hall–Kier alpha value is -1.82. The predicted molar refractivity (Wildman–Crippen MR) is 88.7 cm³/mol. The normalized spacial score (nSPS) is 12.1. The molecule has 1 aromatic heterocycles. The van der Waals surface area contributed by atoms with Crippen LogP contribution < -0.4 is 4.72 Å². The molecule has 0 aliphatic rings. The molecule has 0 aliphatic heterocycles. The van der Waals surface area contributed by atoms with Crippen LogP contribution >= 0.6 is 0 Å². The lowest BCUT2D eigenvalue weighted by atomic mass is 10.0. The van der Waals surface area contributed by atoms with Crippen molar-refractivity contribution < 1.29 is 8.42 Å². The molecule has 1 aromatic carbocycles. The number of hydrogen-bond acceptors (Lipinski definition) is 3. The third-order valence-corrected chi connectivity index (χ3v) is 5.00. The van der Waals surface area contributed by atoms with Crippen LogP contribution in [0.5, 0.6) is 0 Å². The molecule has 2 aromatic rings. The quantitative estimate of drug-likeness (QED) is 0.913. The molecule has 0 bridgehead atoms. The Labute approximate surface area is 132 Å². The van der Waals surface area contributed by atoms with Crippen molar-refractivity contribution in [3.05, 3.63) is 41.7 Å². The minimum Gasteiger partial charge on any atom is -0.280 e. The monoisotopic (exact) mass is 321 g/mol. The first-order valence-electron chi connectivity index (χ1n) is 7.39. The van der Waals surface area contributed by atoms with Crippen molar-refractivity contribution in [2.75, 3.05) is 4.72 Å². The van der Waals surface area contributed by atoms with Gasteiger partial charge in [0.05, 0.1) is 5.69 Å². The molecule has 0 saturated heterocycles. The number of rotatable bonds is 5. The molecule has 1 heterocycles. The first-order valence-corrected chi connectivity index (χ1v) is 8.87. The van der Waals surface area contributed by atoms with Crippen LogP contribution in [0.15, 0.2) is 35.4 Å². The van der Waals surface area contributed by atoms with E-state index in [1.807, 2.05) is 26.0 Å². The van der Waals surface area contributed by atoms with Crippen LogP contribution in [0, 0.1) is 6.92 Å². The van der Waals surface area contributed by atoms with Crippen molar-refractivity contribution in [2.24, 2.45) is 0 Å². The fourth-order valence-corrected chi connectivity index (χ4v) is 3.37. The SMILES string of the molecule is Cc1nn(C(C)C)cc1S(=O)(=O)Nc1ccc(C(C)C)cc1. The first-order chi connectivity index (χ1) is 10.2. The summed E-state index contributed by atoms with van der Waals surface area (Å²) in [4.78, 5) is 0.217. The van der Waals surface area contributed by atoms with Crippen molar-refractivity contribution in [1.82, 2.24) is 9.78 Å². The summed E-state index contributed by atoms with van der Waals surface area (Å²) >= 11 is 0. The minimum absolute atomic E-state index is 0.118. The third kappa shape index (κ3) is 3.50. The number of hydrogen-bond donors (Lipinski definition) is 1. The van der Waals surface area contributed by atoms with E-state index < -0.39 is 10.0 Å². The Morgan fingerprint density at radius 1 is 1.09 bits per heavy atom. The van der Waals surface area contributed by atoms with Gasteiger partial charge in [-0.15, -0.1) is 0 Å². The number of anilines is 1. The van der Waals surface area contributed by atoms with Crippen LogP contribution in [0.3, 0.4) is 0 Å². The lowest BCUT2D eigenvalue weighted by Crippen LogP contribution is -2.13. The second-order valence-corrected chi connectivity index (χ2v) is 7.69. The maximum atomic E-state index is 12.5. The standard InChI is InChI=1S/C16H23N3O2S/c1-11(2)14-6-8-15(9-7-14)18-22(20,21)16-10-19(12(3)4)17-13(16)5/h6-12,18H,1-5H3. The van der Waals surface area contributed by atoms with E-state index in [0.717, 1.165) is 0 Å². The Bertz CT molecular complexity index is 744. The highest BCUT2D eigenvalue weighted by Crippen LogP contribution is 2.22. The number of aromatic nitrogens is 2. The molecule has 120 valence electrons. The molecule has 0 amide bonds. The van der Waals surface area contributed by atoms with Crippen LogP contribution in [0.4, 0.5) is 5.69 Å². The molecule has 2 rings (SSSR count). The summed E-state index contributed by atoms with van der Waals surface area (Å²) in [7, 11) is -3.62. The summed E-state index contributed by atoms with van der Waals surface area (Å²) in [5, 5.41) is 4.25. The number of benzene rings is 1. The van der Waals surface area contributed by atoms with Gasteiger partial charge in [-0.1, -0.05) is 26.0 Å². The molecule has 22 heavy (non-hydrogen) atoms. The highest BCUT2D eigenvalue weighted by atomic mass is 32.2. The van der Waals surface area contributed by atoms with Crippen molar-refractivity contribution in [1.29, 1.82) is 0 Å². The van der Waals surface area contributed by atoms with E-state index in [9.17, 15) is 8.42 Å². The van der Waals surface area contributed by atoms with Gasteiger partial charge in [-0.05, 0) is 44.4 Å². The molecule has 0 saturated carbocycles. The zero-order valence-corrected chi connectivity index (χ0v) is 14.5. The van der Waals surface area contributed by atoms with Gasteiger partial charge in [0.25, 0.3) is 10.0 Å². The van der Waals surface area contributed by atoms with Crippen molar-refractivity contribution in [2.45, 2.75) is 51.5 Å². The Morgan fingerprint density at radius 3 is 2.14 bits per heavy atom. The zero-order valence-electron chi connectivity index (χ0n) is 13.7. The summed E-state index contributed by atoms with van der Waals surface area (Å²) < 4.78 is 29.3. The molecule has 0 radical (unpaired) electrons. The predicted octanol–water partition coefficient (Wildman–Crippen LogP) is 3.70. The summed E-state index contributed by atoms with van der Waals surface area (Å²) in [6, 6.07) is 7.57. The third-order valence-electron chi connectivity index (χ3n) is 3.52. The average Bonchev–Trinajstić information content (AvgIpc) is 2.82. The van der Waals surface area contributed by atoms with Crippen LogP contribution in [-0.2, 0) is 10.0 Å². The smallest absolute Gasteiger partial charge is 0.265 e. The average molecular weight is 321 g/mol. The summed E-state index contributed by atoms with van der Waals surface area (Å²) in [6.07, 6.45) is 1.57. The molecule has 6 heteroatoms. The zero-order chi connectivity index (χ0) is 16.5. The van der Waals surface area contributed by atoms with E-state index in [0.29, 0.717) is 17.3 Å². The molecular weight excluding hydrogens is 298 g/mol. The van der Waals surface area contributed by atoms with E-state index in [1.165, 1.54) is 5.56 Å². The van der Waals surface area contributed by atoms with Gasteiger partial charge < -0.3 is 0 Å². The second-order valence-electron chi connectivity index (χ2n) is 6.03. The largest absolute Gasteiger partial charge is 0.280 e. The molecule has 1 N–H and O–H groups in total. The molecule has 0 unspecified atom stereocenters. The number of nitrogens with one attached hydrogen (secondary N) is 1. The lowest BCUT2D eigenvalue weighted by Gasteiger charge is -2.09. The van der Waals surface area contributed by atoms with Gasteiger partial charge in [0.2, 0.25) is 0 Å². The number of aryl methyl sites for hydroxylation is 1. The van der Waals surface area contributed by atoms with Crippen molar-refractivity contribution in [3.8, 4) is 0 Å². The highest BCUT2D eigenvalue weighted by molar-refractivity contribution is 7.92. The van der Waals surface area contributed by atoms with Gasteiger partial charge in [-0.2, -0.15) is 5.10 Å². The minimum atomic E-state index is -3.62. The van der Waals surface area contributed by atoms with Gasteiger partial charge in [0.15, 0.2) is 0 Å². The maximum absolute atomic E-state index is 12.5. The van der Waals surface area contributed by atoms with Gasteiger partial charge in [0.1, 0.15) is 4.90 Å². The number of nitrogens with zero attached hydrogens (tertiary/aromatic N) is 2. The Morgan fingerprint density at radius 2 is 1.68 bits per heavy atom. The first kappa shape index (κ1) is 16.5.